The van der Waals surface area contributed by atoms with Gasteiger partial charge in [0.15, 0.2) is 0 Å². The van der Waals surface area contributed by atoms with Gasteiger partial charge in [0.2, 0.25) is 0 Å². The molecule has 0 atom stereocenters. The van der Waals surface area contributed by atoms with Crippen LogP contribution in [0.15, 0.2) is 30.0 Å². The average molecular weight is 344 g/mol. The Bertz CT molecular complexity index is 672. The highest BCUT2D eigenvalue weighted by molar-refractivity contribution is 6.55. The van der Waals surface area contributed by atoms with Gasteiger partial charge in [-0.3, -0.25) is 0 Å². The van der Waals surface area contributed by atoms with E-state index in [1.807, 2.05) is 58.9 Å². The third kappa shape index (κ3) is 4.33. The molecule has 1 aliphatic heterocycles. The first-order valence-electron chi connectivity index (χ1n) is 8.51. The fourth-order valence-electron chi connectivity index (χ4n) is 2.69. The number of hydrogen-bond donors (Lipinski definition) is 0. The van der Waals surface area contributed by atoms with Crippen LogP contribution in [-0.4, -0.2) is 31.5 Å². The number of halogens is 1. The van der Waals surface area contributed by atoms with Crippen LogP contribution in [0.2, 0.25) is 0 Å². The maximum atomic E-state index is 15.4. The van der Waals surface area contributed by atoms with Crippen molar-refractivity contribution < 1.29 is 18.4 Å². The van der Waals surface area contributed by atoms with Crippen LogP contribution in [-0.2, 0) is 14.0 Å². The molecular weight excluding hydrogens is 318 g/mol. The van der Waals surface area contributed by atoms with Crippen LogP contribution in [0.25, 0.3) is 5.57 Å². The summed E-state index contributed by atoms with van der Waals surface area (Å²) < 4.78 is 32.5. The minimum absolute atomic E-state index is 0.208. The van der Waals surface area contributed by atoms with Crippen LogP contribution in [0.1, 0.15) is 45.2 Å². The van der Waals surface area contributed by atoms with Gasteiger partial charge in [-0.2, -0.15) is 0 Å². The average Bonchev–Trinajstić information content (AvgIpc) is 2.76. The van der Waals surface area contributed by atoms with Gasteiger partial charge in [-0.15, -0.1) is 6.42 Å². The molecule has 1 aliphatic rings. The van der Waals surface area contributed by atoms with Crippen LogP contribution in [0, 0.1) is 19.3 Å². The Morgan fingerprint density at radius 1 is 1.20 bits per heavy atom. The van der Waals surface area contributed by atoms with E-state index in [4.69, 9.17) is 20.5 Å². The van der Waals surface area contributed by atoms with Crippen LogP contribution in [0.5, 0.6) is 0 Å². The van der Waals surface area contributed by atoms with E-state index in [-0.39, 0.29) is 6.61 Å². The molecule has 0 saturated carbocycles. The van der Waals surface area contributed by atoms with E-state index in [1.165, 1.54) is 0 Å². The normalized spacial score (nSPS) is 19.5. The summed E-state index contributed by atoms with van der Waals surface area (Å²) in [5.74, 6) is 2.42. The van der Waals surface area contributed by atoms with E-state index < -0.39 is 24.0 Å². The van der Waals surface area contributed by atoms with Gasteiger partial charge in [0.05, 0.1) is 17.8 Å². The topological polar surface area (TPSA) is 27.7 Å². The van der Waals surface area contributed by atoms with Gasteiger partial charge in [0.25, 0.3) is 0 Å². The zero-order valence-electron chi connectivity index (χ0n) is 15.7. The molecule has 25 heavy (non-hydrogen) atoms. The molecule has 1 heterocycles. The number of hydrogen-bond acceptors (Lipinski definition) is 3. The number of rotatable bonds is 6. The zero-order valence-corrected chi connectivity index (χ0v) is 15.7. The predicted molar refractivity (Wildman–Crippen MR) is 99.6 cm³/mol. The first kappa shape index (κ1) is 19.7. The number of terminal acetylenes is 1. The molecule has 0 spiro atoms. The maximum absolute atomic E-state index is 15.4. The predicted octanol–water partition coefficient (Wildman–Crippen LogP) is 4.35. The van der Waals surface area contributed by atoms with E-state index in [0.717, 1.165) is 11.1 Å². The van der Waals surface area contributed by atoms with E-state index >= 15 is 4.39 Å². The number of benzene rings is 1. The molecule has 0 bridgehead atoms. The Hall–Kier alpha value is -1.61. The summed E-state index contributed by atoms with van der Waals surface area (Å²) in [4.78, 5) is 0. The Morgan fingerprint density at radius 3 is 2.36 bits per heavy atom. The van der Waals surface area contributed by atoms with Crippen LogP contribution < -0.4 is 0 Å². The fourth-order valence-corrected chi connectivity index (χ4v) is 2.69. The molecule has 0 unspecified atom stereocenters. The van der Waals surface area contributed by atoms with Crippen molar-refractivity contribution in [2.75, 3.05) is 13.2 Å². The minimum Gasteiger partial charge on any atom is -0.398 e. The monoisotopic (exact) mass is 344 g/mol. The van der Waals surface area contributed by atoms with E-state index in [0.29, 0.717) is 18.6 Å². The highest BCUT2D eigenvalue weighted by Crippen LogP contribution is 2.40. The highest BCUT2D eigenvalue weighted by atomic mass is 19.1. The van der Waals surface area contributed by atoms with E-state index in [9.17, 15) is 0 Å². The molecule has 3 nitrogen and oxygen atoms in total. The Labute approximate surface area is 150 Å². The van der Waals surface area contributed by atoms with Gasteiger partial charge >= 0.3 is 7.12 Å². The lowest BCUT2D eigenvalue weighted by atomic mass is 9.81. The Morgan fingerprint density at radius 2 is 1.80 bits per heavy atom. The van der Waals surface area contributed by atoms with Crippen molar-refractivity contribution in [3.63, 3.8) is 0 Å². The maximum Gasteiger partial charge on any atom is 0.525 e. The molecule has 1 fully saturated rings. The molecule has 2 rings (SSSR count). The van der Waals surface area contributed by atoms with Crippen molar-refractivity contribution in [2.45, 2.75) is 52.2 Å². The number of ether oxygens (including phenoxy) is 1. The van der Waals surface area contributed by atoms with Crippen molar-refractivity contribution >= 4 is 12.7 Å². The van der Waals surface area contributed by atoms with Crippen molar-refractivity contribution in [2.24, 2.45) is 0 Å². The van der Waals surface area contributed by atoms with Gasteiger partial charge in [0, 0.05) is 0 Å². The first-order chi connectivity index (χ1) is 11.7. The molecule has 0 amide bonds. The molecule has 0 N–H and O–H groups in total. The van der Waals surface area contributed by atoms with Crippen molar-refractivity contribution in [1.29, 1.82) is 0 Å². The third-order valence-electron chi connectivity index (χ3n) is 4.90. The molecular formula is C20H26BFO3. The van der Waals surface area contributed by atoms with Crippen LogP contribution in [0.4, 0.5) is 4.39 Å². The number of aryl methyl sites for hydroxylation is 1. The summed E-state index contributed by atoms with van der Waals surface area (Å²) in [6, 6.07) is 7.67. The lowest BCUT2D eigenvalue weighted by Crippen LogP contribution is -2.41. The molecule has 0 aromatic heterocycles. The van der Waals surface area contributed by atoms with Gasteiger partial charge < -0.3 is 14.0 Å². The summed E-state index contributed by atoms with van der Waals surface area (Å²) in [5, 5.41) is 0. The van der Waals surface area contributed by atoms with Crippen LogP contribution in [0.3, 0.4) is 0 Å². The summed E-state index contributed by atoms with van der Waals surface area (Å²) in [5.41, 5.74) is 0.767. The van der Waals surface area contributed by atoms with E-state index in [2.05, 4.69) is 5.92 Å². The molecule has 134 valence electrons. The summed E-state index contributed by atoms with van der Waals surface area (Å²) in [7, 11) is -1.02. The van der Waals surface area contributed by atoms with Gasteiger partial charge in [-0.1, -0.05) is 30.2 Å². The second-order valence-electron chi connectivity index (χ2n) is 7.24. The molecule has 1 aromatic rings. The van der Waals surface area contributed by atoms with Crippen LogP contribution >= 0.6 is 0 Å². The van der Waals surface area contributed by atoms with Crippen molar-refractivity contribution in [3.8, 4) is 12.3 Å². The fraction of sp³-hybridized carbons (Fsp3) is 0.500. The molecule has 0 radical (unpaired) electrons. The summed E-state index contributed by atoms with van der Waals surface area (Å²) >= 11 is 0. The lowest BCUT2D eigenvalue weighted by molar-refractivity contribution is 0.00578. The van der Waals surface area contributed by atoms with Crippen molar-refractivity contribution in [1.82, 2.24) is 0 Å². The summed E-state index contributed by atoms with van der Waals surface area (Å²) in [6.07, 6.45) is 5.59. The zero-order chi connectivity index (χ0) is 18.7. The summed E-state index contributed by atoms with van der Waals surface area (Å²) in [6.45, 7) is 10.1. The van der Waals surface area contributed by atoms with Crippen molar-refractivity contribution in [3.05, 3.63) is 41.1 Å². The minimum atomic E-state index is -1.02. The molecule has 1 saturated heterocycles. The van der Waals surface area contributed by atoms with Gasteiger partial charge in [-0.25, -0.2) is 4.39 Å². The van der Waals surface area contributed by atoms with Gasteiger partial charge in [0.1, 0.15) is 12.3 Å². The smallest absolute Gasteiger partial charge is 0.398 e. The SMILES string of the molecule is C#CCOCCC(=C(F)B1OC(C)(C)C(C)(C)O1)c1ccccc1C. The molecule has 0 aliphatic carbocycles. The standard InChI is InChI=1S/C20H26BFO3/c1-7-13-23-14-12-17(16-11-9-8-10-15(16)2)18(22)21-24-19(3,4)20(5,6)25-21/h1,8-11H,12-14H2,2-6H3. The second-order valence-corrected chi connectivity index (χ2v) is 7.24. The molecule has 5 heteroatoms. The Balaban J connectivity index is 2.35. The highest BCUT2D eigenvalue weighted by Gasteiger charge is 2.53. The second kappa shape index (κ2) is 7.74. The lowest BCUT2D eigenvalue weighted by Gasteiger charge is -2.32. The molecule has 1 aromatic carbocycles. The first-order valence-corrected chi connectivity index (χ1v) is 8.51. The third-order valence-corrected chi connectivity index (χ3v) is 4.90. The largest absolute Gasteiger partial charge is 0.525 e. The quantitative estimate of drug-likeness (QED) is 0.436. The van der Waals surface area contributed by atoms with E-state index in [1.54, 1.807) is 0 Å². The van der Waals surface area contributed by atoms with Gasteiger partial charge in [-0.05, 0) is 57.7 Å². The Kier molecular flexibility index (Phi) is 6.10.